The van der Waals surface area contributed by atoms with Gasteiger partial charge in [0.25, 0.3) is 0 Å². The molecule has 0 N–H and O–H groups in total. The molecule has 13 heavy (non-hydrogen) atoms. The average molecular weight is 198 g/mol. The van der Waals surface area contributed by atoms with Gasteiger partial charge in [0.05, 0.1) is 11.5 Å². The number of ketones is 1. The molecule has 0 amide bonds. The molecule has 1 aromatic heterocycles. The molecular formula is C10H14O2S. The molecule has 0 aromatic carbocycles. The maximum atomic E-state index is 11.5. The first kappa shape index (κ1) is 10.4. The van der Waals surface area contributed by atoms with Crippen LogP contribution in [-0.4, -0.2) is 19.0 Å². The number of rotatable bonds is 5. The summed E-state index contributed by atoms with van der Waals surface area (Å²) in [5, 5.41) is 0. The van der Waals surface area contributed by atoms with Gasteiger partial charge in [0.1, 0.15) is 0 Å². The molecule has 1 heterocycles. The van der Waals surface area contributed by atoms with Crippen LogP contribution in [-0.2, 0) is 4.74 Å². The van der Waals surface area contributed by atoms with Gasteiger partial charge in [0, 0.05) is 17.9 Å². The van der Waals surface area contributed by atoms with Gasteiger partial charge >= 0.3 is 0 Å². The van der Waals surface area contributed by atoms with Crippen molar-refractivity contribution in [3.8, 4) is 0 Å². The van der Waals surface area contributed by atoms with Crippen LogP contribution in [0.2, 0.25) is 0 Å². The molecule has 1 rings (SSSR count). The molecule has 0 saturated heterocycles. The van der Waals surface area contributed by atoms with Gasteiger partial charge in [-0.25, -0.2) is 0 Å². The summed E-state index contributed by atoms with van der Waals surface area (Å²) in [6.45, 7) is 5.15. The van der Waals surface area contributed by atoms with Gasteiger partial charge in [0.2, 0.25) is 0 Å². The van der Waals surface area contributed by atoms with Crippen molar-refractivity contribution in [2.24, 2.45) is 0 Å². The summed E-state index contributed by atoms with van der Waals surface area (Å²) in [6, 6.07) is 3.85. The monoisotopic (exact) mass is 198 g/mol. The molecule has 0 spiro atoms. The predicted molar refractivity (Wildman–Crippen MR) is 54.5 cm³/mol. The highest BCUT2D eigenvalue weighted by atomic mass is 32.1. The fourth-order valence-electron chi connectivity index (χ4n) is 1.02. The fourth-order valence-corrected chi connectivity index (χ4v) is 1.85. The molecular weight excluding hydrogens is 184 g/mol. The molecule has 0 atom stereocenters. The summed E-state index contributed by atoms with van der Waals surface area (Å²) in [6.07, 6.45) is 0.494. The van der Waals surface area contributed by atoms with Crippen LogP contribution in [0.3, 0.4) is 0 Å². The molecule has 0 fully saturated rings. The zero-order valence-corrected chi connectivity index (χ0v) is 8.82. The lowest BCUT2D eigenvalue weighted by molar-refractivity contribution is 0.0899. The smallest absolute Gasteiger partial charge is 0.175 e. The van der Waals surface area contributed by atoms with Crippen molar-refractivity contribution >= 4 is 17.1 Å². The molecule has 0 unspecified atom stereocenters. The molecule has 0 aliphatic heterocycles. The van der Waals surface area contributed by atoms with E-state index in [0.29, 0.717) is 19.6 Å². The van der Waals surface area contributed by atoms with E-state index in [1.165, 1.54) is 4.88 Å². The Kier molecular flexibility index (Phi) is 4.12. The highest BCUT2D eigenvalue weighted by Crippen LogP contribution is 2.16. The van der Waals surface area contributed by atoms with E-state index in [0.717, 1.165) is 4.88 Å². The molecule has 0 bridgehead atoms. The molecule has 0 aliphatic carbocycles. The minimum absolute atomic E-state index is 0.187. The Balaban J connectivity index is 2.40. The third kappa shape index (κ3) is 3.28. The Morgan fingerprint density at radius 2 is 2.31 bits per heavy atom. The van der Waals surface area contributed by atoms with Crippen molar-refractivity contribution in [1.29, 1.82) is 0 Å². The highest BCUT2D eigenvalue weighted by molar-refractivity contribution is 7.14. The van der Waals surface area contributed by atoms with Crippen LogP contribution in [0.4, 0.5) is 0 Å². The molecule has 0 radical (unpaired) electrons. The van der Waals surface area contributed by atoms with Crippen molar-refractivity contribution in [2.45, 2.75) is 20.3 Å². The number of carbonyl (C=O) groups excluding carboxylic acids is 1. The second-order valence-electron chi connectivity index (χ2n) is 2.78. The lowest BCUT2D eigenvalue weighted by Gasteiger charge is -1.98. The summed E-state index contributed by atoms with van der Waals surface area (Å²) in [5.41, 5.74) is 0. The van der Waals surface area contributed by atoms with Gasteiger partial charge in [-0.3, -0.25) is 4.79 Å². The average Bonchev–Trinajstić information content (AvgIpc) is 2.52. The number of hydrogen-bond donors (Lipinski definition) is 0. The maximum absolute atomic E-state index is 11.5. The van der Waals surface area contributed by atoms with E-state index in [-0.39, 0.29) is 5.78 Å². The van der Waals surface area contributed by atoms with E-state index >= 15 is 0 Å². The summed E-state index contributed by atoms with van der Waals surface area (Å²) >= 11 is 1.55. The van der Waals surface area contributed by atoms with Gasteiger partial charge in [-0.05, 0) is 26.0 Å². The molecule has 72 valence electrons. The zero-order valence-electron chi connectivity index (χ0n) is 8.00. The minimum Gasteiger partial charge on any atom is -0.381 e. The summed E-state index contributed by atoms with van der Waals surface area (Å²) in [4.78, 5) is 13.5. The number of Topliss-reactive ketones (excluding diaryl/α,β-unsaturated/α-hetero) is 1. The number of hydrogen-bond acceptors (Lipinski definition) is 3. The zero-order chi connectivity index (χ0) is 9.68. The standard InChI is InChI=1S/C10H14O2S/c1-3-12-7-6-9(11)10-5-4-8(2)13-10/h4-5H,3,6-7H2,1-2H3. The van der Waals surface area contributed by atoms with Crippen molar-refractivity contribution in [2.75, 3.05) is 13.2 Å². The van der Waals surface area contributed by atoms with Gasteiger partial charge in [-0.2, -0.15) is 0 Å². The molecule has 3 heteroatoms. The van der Waals surface area contributed by atoms with Crippen LogP contribution in [0.1, 0.15) is 27.9 Å². The van der Waals surface area contributed by atoms with Crippen molar-refractivity contribution < 1.29 is 9.53 Å². The van der Waals surface area contributed by atoms with Crippen molar-refractivity contribution in [1.82, 2.24) is 0 Å². The first-order chi connectivity index (χ1) is 6.24. The largest absolute Gasteiger partial charge is 0.381 e. The summed E-state index contributed by atoms with van der Waals surface area (Å²) < 4.78 is 5.12. The Morgan fingerprint density at radius 3 is 2.85 bits per heavy atom. The second kappa shape index (κ2) is 5.14. The van der Waals surface area contributed by atoms with Crippen molar-refractivity contribution in [3.63, 3.8) is 0 Å². The van der Waals surface area contributed by atoms with E-state index in [1.807, 2.05) is 26.0 Å². The second-order valence-corrected chi connectivity index (χ2v) is 4.07. The van der Waals surface area contributed by atoms with E-state index < -0.39 is 0 Å². The normalized spacial score (nSPS) is 10.3. The van der Waals surface area contributed by atoms with Gasteiger partial charge in [-0.15, -0.1) is 11.3 Å². The van der Waals surface area contributed by atoms with Crippen LogP contribution in [0, 0.1) is 6.92 Å². The Bertz CT molecular complexity index is 278. The molecule has 0 saturated carbocycles. The quantitative estimate of drug-likeness (QED) is 0.537. The van der Waals surface area contributed by atoms with Crippen LogP contribution in [0.5, 0.6) is 0 Å². The molecule has 0 aliphatic rings. The first-order valence-electron chi connectivity index (χ1n) is 4.41. The van der Waals surface area contributed by atoms with E-state index in [1.54, 1.807) is 11.3 Å². The summed E-state index contributed by atoms with van der Waals surface area (Å²) in [7, 11) is 0. The van der Waals surface area contributed by atoms with E-state index in [9.17, 15) is 4.79 Å². The number of ether oxygens (including phenoxy) is 1. The third-order valence-electron chi connectivity index (χ3n) is 1.69. The number of thiophene rings is 1. The Labute approximate surface area is 82.5 Å². The SMILES string of the molecule is CCOCCC(=O)c1ccc(C)s1. The lowest BCUT2D eigenvalue weighted by Crippen LogP contribution is -2.02. The maximum Gasteiger partial charge on any atom is 0.175 e. The molecule has 1 aromatic rings. The van der Waals surface area contributed by atoms with E-state index in [2.05, 4.69) is 0 Å². The van der Waals surface area contributed by atoms with Crippen molar-refractivity contribution in [3.05, 3.63) is 21.9 Å². The van der Waals surface area contributed by atoms with Gasteiger partial charge < -0.3 is 4.74 Å². The molecule has 2 nitrogen and oxygen atoms in total. The van der Waals surface area contributed by atoms with Gasteiger partial charge in [-0.1, -0.05) is 0 Å². The lowest BCUT2D eigenvalue weighted by atomic mass is 10.2. The number of aryl methyl sites for hydroxylation is 1. The first-order valence-corrected chi connectivity index (χ1v) is 5.23. The number of carbonyl (C=O) groups is 1. The fraction of sp³-hybridized carbons (Fsp3) is 0.500. The highest BCUT2D eigenvalue weighted by Gasteiger charge is 2.07. The van der Waals surface area contributed by atoms with Crippen LogP contribution >= 0.6 is 11.3 Å². The summed E-state index contributed by atoms with van der Waals surface area (Å²) in [5.74, 6) is 0.187. The third-order valence-corrected chi connectivity index (χ3v) is 2.73. The van der Waals surface area contributed by atoms with Crippen LogP contribution in [0.25, 0.3) is 0 Å². The van der Waals surface area contributed by atoms with E-state index in [4.69, 9.17) is 4.74 Å². The van der Waals surface area contributed by atoms with Gasteiger partial charge in [0.15, 0.2) is 5.78 Å². The minimum atomic E-state index is 0.187. The van der Waals surface area contributed by atoms with Crippen LogP contribution in [0.15, 0.2) is 12.1 Å². The topological polar surface area (TPSA) is 26.3 Å². The Morgan fingerprint density at radius 1 is 1.54 bits per heavy atom. The van der Waals surface area contributed by atoms with Crippen LogP contribution < -0.4 is 0 Å². The predicted octanol–water partition coefficient (Wildman–Crippen LogP) is 2.67. The Hall–Kier alpha value is -0.670.